The number of aryl methyl sites for hydroxylation is 2. The molecule has 1 aromatic heterocycles. The van der Waals surface area contributed by atoms with Crippen molar-refractivity contribution in [3.63, 3.8) is 0 Å². The van der Waals surface area contributed by atoms with Gasteiger partial charge in [-0.2, -0.15) is 0 Å². The van der Waals surface area contributed by atoms with Crippen molar-refractivity contribution in [2.45, 2.75) is 45.2 Å². The molecule has 20 heavy (non-hydrogen) atoms. The molecule has 0 radical (unpaired) electrons. The summed E-state index contributed by atoms with van der Waals surface area (Å²) < 4.78 is 1.14. The molecule has 1 atom stereocenters. The van der Waals surface area contributed by atoms with Crippen LogP contribution in [-0.4, -0.2) is 0 Å². The second kappa shape index (κ2) is 6.42. The van der Waals surface area contributed by atoms with E-state index in [9.17, 15) is 0 Å². The number of thiophene rings is 1. The monoisotopic (exact) mass is 349 g/mol. The lowest BCUT2D eigenvalue weighted by atomic mass is 10.0. The van der Waals surface area contributed by atoms with E-state index in [-0.39, 0.29) is 0 Å². The third kappa shape index (κ3) is 3.16. The number of halogens is 1. The van der Waals surface area contributed by atoms with Gasteiger partial charge in [-0.3, -0.25) is 0 Å². The Labute approximate surface area is 133 Å². The average Bonchev–Trinajstić information content (AvgIpc) is 3.02. The predicted octanol–water partition coefficient (Wildman–Crippen LogP) is 5.24. The van der Waals surface area contributed by atoms with Crippen LogP contribution in [-0.2, 0) is 19.4 Å². The van der Waals surface area contributed by atoms with Crippen LogP contribution in [0, 0.1) is 0 Å². The summed E-state index contributed by atoms with van der Waals surface area (Å²) in [6, 6.07) is 11.5. The van der Waals surface area contributed by atoms with Crippen LogP contribution in [0.5, 0.6) is 0 Å². The molecule has 1 heterocycles. The SMILES string of the molecule is CCC(NCc1cc2c(s1)CCC2)c1ccc(Br)cc1. The molecular weight excluding hydrogens is 330 g/mol. The van der Waals surface area contributed by atoms with Crippen LogP contribution in [0.25, 0.3) is 0 Å². The van der Waals surface area contributed by atoms with Crippen LogP contribution >= 0.6 is 27.3 Å². The summed E-state index contributed by atoms with van der Waals surface area (Å²) in [5.41, 5.74) is 2.98. The standard InChI is InChI=1S/C17H20BrNS/c1-2-16(12-6-8-14(18)9-7-12)19-11-15-10-13-4-3-5-17(13)20-15/h6-10,16,19H,2-5,11H2,1H3. The normalized spacial score (nSPS) is 15.3. The van der Waals surface area contributed by atoms with Gasteiger partial charge in [0.05, 0.1) is 0 Å². The van der Waals surface area contributed by atoms with E-state index in [2.05, 4.69) is 58.5 Å². The summed E-state index contributed by atoms with van der Waals surface area (Å²) >= 11 is 5.50. The number of benzene rings is 1. The number of fused-ring (bicyclic) bond motifs is 1. The molecule has 3 rings (SSSR count). The second-order valence-electron chi connectivity index (χ2n) is 5.41. The maximum Gasteiger partial charge on any atom is 0.0320 e. The highest BCUT2D eigenvalue weighted by Gasteiger charge is 2.15. The first-order valence-electron chi connectivity index (χ1n) is 7.35. The molecule has 1 aliphatic rings. The largest absolute Gasteiger partial charge is 0.305 e. The van der Waals surface area contributed by atoms with Gasteiger partial charge in [-0.05, 0) is 55.0 Å². The summed E-state index contributed by atoms with van der Waals surface area (Å²) in [5.74, 6) is 0. The first-order valence-corrected chi connectivity index (χ1v) is 8.96. The van der Waals surface area contributed by atoms with E-state index in [1.165, 1.54) is 29.7 Å². The highest BCUT2D eigenvalue weighted by atomic mass is 79.9. The van der Waals surface area contributed by atoms with Crippen LogP contribution < -0.4 is 5.32 Å². The third-order valence-corrected chi connectivity index (χ3v) is 5.77. The van der Waals surface area contributed by atoms with Crippen molar-refractivity contribution < 1.29 is 0 Å². The minimum Gasteiger partial charge on any atom is -0.305 e. The van der Waals surface area contributed by atoms with Crippen molar-refractivity contribution in [1.29, 1.82) is 0 Å². The smallest absolute Gasteiger partial charge is 0.0320 e. The zero-order valence-electron chi connectivity index (χ0n) is 11.8. The lowest BCUT2D eigenvalue weighted by molar-refractivity contribution is 0.522. The first kappa shape index (κ1) is 14.3. The lowest BCUT2D eigenvalue weighted by Gasteiger charge is -2.17. The van der Waals surface area contributed by atoms with Crippen LogP contribution in [0.2, 0.25) is 0 Å². The Hall–Kier alpha value is -0.640. The molecule has 1 N–H and O–H groups in total. The quantitative estimate of drug-likeness (QED) is 0.778. The molecule has 0 saturated carbocycles. The molecule has 0 aliphatic heterocycles. The van der Waals surface area contributed by atoms with Gasteiger partial charge in [0.2, 0.25) is 0 Å². The molecule has 0 spiro atoms. The van der Waals surface area contributed by atoms with E-state index in [0.717, 1.165) is 17.4 Å². The number of hydrogen-bond donors (Lipinski definition) is 1. The number of rotatable bonds is 5. The van der Waals surface area contributed by atoms with E-state index in [1.807, 2.05) is 11.3 Å². The number of nitrogens with one attached hydrogen (secondary N) is 1. The topological polar surface area (TPSA) is 12.0 Å². The van der Waals surface area contributed by atoms with Gasteiger partial charge in [0.25, 0.3) is 0 Å². The molecule has 3 heteroatoms. The molecule has 1 aliphatic carbocycles. The lowest BCUT2D eigenvalue weighted by Crippen LogP contribution is -2.19. The first-order chi connectivity index (χ1) is 9.76. The van der Waals surface area contributed by atoms with Crippen molar-refractivity contribution in [2.24, 2.45) is 0 Å². The zero-order chi connectivity index (χ0) is 13.9. The van der Waals surface area contributed by atoms with Gasteiger partial charge >= 0.3 is 0 Å². The van der Waals surface area contributed by atoms with E-state index in [0.29, 0.717) is 6.04 Å². The highest BCUT2D eigenvalue weighted by Crippen LogP contribution is 2.31. The Balaban J connectivity index is 1.64. The Morgan fingerprint density at radius 1 is 1.25 bits per heavy atom. The highest BCUT2D eigenvalue weighted by molar-refractivity contribution is 9.10. The molecule has 2 aromatic rings. The molecule has 106 valence electrons. The van der Waals surface area contributed by atoms with E-state index in [4.69, 9.17) is 0 Å². The number of hydrogen-bond acceptors (Lipinski definition) is 2. The molecule has 0 amide bonds. The van der Waals surface area contributed by atoms with Crippen LogP contribution in [0.4, 0.5) is 0 Å². The summed E-state index contributed by atoms with van der Waals surface area (Å²) in [4.78, 5) is 3.11. The van der Waals surface area contributed by atoms with Gasteiger partial charge in [0.1, 0.15) is 0 Å². The maximum atomic E-state index is 3.71. The molecule has 1 nitrogen and oxygen atoms in total. The minimum atomic E-state index is 0.444. The van der Waals surface area contributed by atoms with Crippen LogP contribution in [0.3, 0.4) is 0 Å². The van der Waals surface area contributed by atoms with Gasteiger partial charge < -0.3 is 5.32 Å². The molecule has 0 fully saturated rings. The Morgan fingerprint density at radius 3 is 2.75 bits per heavy atom. The molecule has 1 unspecified atom stereocenters. The Bertz CT molecular complexity index is 552. The fourth-order valence-corrected chi connectivity index (χ4v) is 4.37. The van der Waals surface area contributed by atoms with Crippen LogP contribution in [0.1, 0.15) is 46.7 Å². The average molecular weight is 350 g/mol. The van der Waals surface area contributed by atoms with Gasteiger partial charge in [-0.15, -0.1) is 11.3 Å². The van der Waals surface area contributed by atoms with Crippen molar-refractivity contribution >= 4 is 27.3 Å². The maximum absolute atomic E-state index is 3.71. The fourth-order valence-electron chi connectivity index (χ4n) is 2.89. The van der Waals surface area contributed by atoms with E-state index >= 15 is 0 Å². The predicted molar refractivity (Wildman–Crippen MR) is 90.4 cm³/mol. The minimum absolute atomic E-state index is 0.444. The molecule has 0 bridgehead atoms. The Kier molecular flexibility index (Phi) is 4.59. The van der Waals surface area contributed by atoms with Crippen LogP contribution in [0.15, 0.2) is 34.8 Å². The molecule has 0 saturated heterocycles. The second-order valence-corrected chi connectivity index (χ2v) is 7.54. The third-order valence-electron chi connectivity index (χ3n) is 4.00. The zero-order valence-corrected chi connectivity index (χ0v) is 14.2. The molecule has 1 aromatic carbocycles. The van der Waals surface area contributed by atoms with Crippen molar-refractivity contribution in [1.82, 2.24) is 5.32 Å². The van der Waals surface area contributed by atoms with E-state index < -0.39 is 0 Å². The summed E-state index contributed by atoms with van der Waals surface area (Å²) in [5, 5.41) is 3.71. The van der Waals surface area contributed by atoms with Gasteiger partial charge in [0.15, 0.2) is 0 Å². The van der Waals surface area contributed by atoms with E-state index in [1.54, 1.807) is 10.4 Å². The van der Waals surface area contributed by atoms with Crippen molar-refractivity contribution in [3.8, 4) is 0 Å². The van der Waals surface area contributed by atoms with Gasteiger partial charge in [0, 0.05) is 26.8 Å². The summed E-state index contributed by atoms with van der Waals surface area (Å²) in [7, 11) is 0. The summed E-state index contributed by atoms with van der Waals surface area (Å²) in [6.45, 7) is 3.24. The van der Waals surface area contributed by atoms with Crippen molar-refractivity contribution in [2.75, 3.05) is 0 Å². The Morgan fingerprint density at radius 2 is 2.05 bits per heavy atom. The van der Waals surface area contributed by atoms with Crippen molar-refractivity contribution in [3.05, 3.63) is 55.7 Å². The van der Waals surface area contributed by atoms with Gasteiger partial charge in [-0.25, -0.2) is 0 Å². The van der Waals surface area contributed by atoms with Gasteiger partial charge in [-0.1, -0.05) is 35.0 Å². The summed E-state index contributed by atoms with van der Waals surface area (Å²) in [6.07, 6.45) is 5.05. The fraction of sp³-hybridized carbons (Fsp3) is 0.412. The molecular formula is C17H20BrNS.